The van der Waals surface area contributed by atoms with Crippen LogP contribution in [0.1, 0.15) is 59.3 Å². The lowest BCUT2D eigenvalue weighted by Crippen LogP contribution is -2.47. The van der Waals surface area contributed by atoms with E-state index in [1.807, 2.05) is 31.2 Å². The molecule has 2 fully saturated rings. The molecule has 0 aromatic heterocycles. The van der Waals surface area contributed by atoms with Crippen molar-refractivity contribution >= 4 is 11.6 Å². The van der Waals surface area contributed by atoms with Gasteiger partial charge in [0.2, 0.25) is 0 Å². The standard InChI is InChI=1S/C24H38N2O3/c1-4-29-24(12-6-5-7-13-24)23(27)25-21-8-10-22(11-9-21)28-15-14-26-17-19(2)16-20(3)18-26/h8-11,19-20H,4-7,12-18H2,1-3H3,(H,25,27)/t19-,20+. The molecule has 1 aliphatic carbocycles. The van der Waals surface area contributed by atoms with Gasteiger partial charge in [-0.15, -0.1) is 0 Å². The number of anilines is 1. The van der Waals surface area contributed by atoms with Gasteiger partial charge in [-0.25, -0.2) is 0 Å². The molecular weight excluding hydrogens is 364 g/mol. The van der Waals surface area contributed by atoms with E-state index in [2.05, 4.69) is 24.1 Å². The molecule has 3 rings (SSSR count). The van der Waals surface area contributed by atoms with Gasteiger partial charge in [-0.1, -0.05) is 33.1 Å². The lowest BCUT2D eigenvalue weighted by molar-refractivity contribution is -0.145. The summed E-state index contributed by atoms with van der Waals surface area (Å²) in [6.45, 7) is 11.2. The first kappa shape index (κ1) is 22.1. The van der Waals surface area contributed by atoms with Crippen LogP contribution in [0.15, 0.2) is 24.3 Å². The summed E-state index contributed by atoms with van der Waals surface area (Å²) in [7, 11) is 0. The summed E-state index contributed by atoms with van der Waals surface area (Å²) < 4.78 is 11.8. The van der Waals surface area contributed by atoms with E-state index in [-0.39, 0.29) is 5.91 Å². The largest absolute Gasteiger partial charge is 0.492 e. The van der Waals surface area contributed by atoms with Crippen LogP contribution in [0, 0.1) is 11.8 Å². The average molecular weight is 403 g/mol. The summed E-state index contributed by atoms with van der Waals surface area (Å²) in [5.41, 5.74) is 0.135. The Morgan fingerprint density at radius 3 is 2.38 bits per heavy atom. The molecule has 0 unspecified atom stereocenters. The highest BCUT2D eigenvalue weighted by molar-refractivity contribution is 5.97. The molecule has 0 radical (unpaired) electrons. The van der Waals surface area contributed by atoms with Crippen molar-refractivity contribution in [3.63, 3.8) is 0 Å². The second-order valence-electron chi connectivity index (χ2n) is 9.02. The van der Waals surface area contributed by atoms with E-state index >= 15 is 0 Å². The lowest BCUT2D eigenvalue weighted by Gasteiger charge is -2.35. The quantitative estimate of drug-likeness (QED) is 0.683. The second kappa shape index (κ2) is 10.4. The Hall–Kier alpha value is -1.59. The summed E-state index contributed by atoms with van der Waals surface area (Å²) in [4.78, 5) is 15.4. The van der Waals surface area contributed by atoms with Crippen LogP contribution >= 0.6 is 0 Å². The van der Waals surface area contributed by atoms with Gasteiger partial charge in [0.25, 0.3) is 5.91 Å². The maximum Gasteiger partial charge on any atom is 0.256 e. The van der Waals surface area contributed by atoms with Crippen molar-refractivity contribution in [2.24, 2.45) is 11.8 Å². The van der Waals surface area contributed by atoms with Crippen LogP contribution in [0.2, 0.25) is 0 Å². The zero-order chi connectivity index (χ0) is 20.7. The van der Waals surface area contributed by atoms with Crippen LogP contribution < -0.4 is 10.1 Å². The van der Waals surface area contributed by atoms with Crippen LogP contribution in [0.4, 0.5) is 5.69 Å². The number of nitrogens with zero attached hydrogens (tertiary/aromatic N) is 1. The molecule has 0 spiro atoms. The van der Waals surface area contributed by atoms with E-state index in [0.29, 0.717) is 13.2 Å². The molecule has 1 aromatic rings. The fourth-order valence-electron chi connectivity index (χ4n) is 4.98. The second-order valence-corrected chi connectivity index (χ2v) is 9.02. The lowest BCUT2D eigenvalue weighted by atomic mass is 9.83. The van der Waals surface area contributed by atoms with Crippen molar-refractivity contribution in [1.82, 2.24) is 4.90 Å². The number of piperidine rings is 1. The Labute approximate surface area is 176 Å². The Kier molecular flexibility index (Phi) is 7.96. The van der Waals surface area contributed by atoms with Crippen LogP contribution in [0.3, 0.4) is 0 Å². The first-order valence-electron chi connectivity index (χ1n) is 11.4. The van der Waals surface area contributed by atoms with Crippen molar-refractivity contribution in [2.45, 2.75) is 64.9 Å². The van der Waals surface area contributed by atoms with Gasteiger partial charge in [0.1, 0.15) is 18.0 Å². The third-order valence-electron chi connectivity index (χ3n) is 6.23. The van der Waals surface area contributed by atoms with Gasteiger partial charge in [-0.05, 0) is 62.3 Å². The van der Waals surface area contributed by atoms with Gasteiger partial charge in [-0.3, -0.25) is 9.69 Å². The molecule has 162 valence electrons. The van der Waals surface area contributed by atoms with Gasteiger partial charge in [0.15, 0.2) is 0 Å². The van der Waals surface area contributed by atoms with Crippen molar-refractivity contribution in [2.75, 3.05) is 38.2 Å². The fraction of sp³-hybridized carbons (Fsp3) is 0.708. The molecule has 5 nitrogen and oxygen atoms in total. The maximum absolute atomic E-state index is 12.9. The van der Waals surface area contributed by atoms with Crippen molar-refractivity contribution in [3.8, 4) is 5.75 Å². The van der Waals surface area contributed by atoms with Gasteiger partial charge in [0, 0.05) is 31.9 Å². The monoisotopic (exact) mass is 402 g/mol. The molecule has 2 atom stereocenters. The number of carbonyl (C=O) groups is 1. The Balaban J connectivity index is 1.47. The van der Waals surface area contributed by atoms with Crippen LogP contribution in [-0.4, -0.2) is 49.3 Å². The van der Waals surface area contributed by atoms with Crippen molar-refractivity contribution < 1.29 is 14.3 Å². The number of nitrogens with one attached hydrogen (secondary N) is 1. The van der Waals surface area contributed by atoms with E-state index in [1.165, 1.54) is 25.9 Å². The maximum atomic E-state index is 12.9. The SMILES string of the molecule is CCOC1(C(=O)Nc2ccc(OCCN3C[C@H](C)C[C@H](C)C3)cc2)CCCCC1. The van der Waals surface area contributed by atoms with Crippen molar-refractivity contribution in [3.05, 3.63) is 24.3 Å². The number of ether oxygens (including phenoxy) is 2. The van der Waals surface area contributed by atoms with Gasteiger partial charge in [-0.2, -0.15) is 0 Å². The Morgan fingerprint density at radius 2 is 1.76 bits per heavy atom. The molecule has 1 heterocycles. The molecule has 29 heavy (non-hydrogen) atoms. The normalized spacial score (nSPS) is 24.8. The smallest absolute Gasteiger partial charge is 0.256 e. The number of benzene rings is 1. The fourth-order valence-corrected chi connectivity index (χ4v) is 4.98. The molecule has 1 aromatic carbocycles. The van der Waals surface area contributed by atoms with Crippen LogP contribution in [0.25, 0.3) is 0 Å². The molecule has 2 aliphatic rings. The molecule has 1 amide bonds. The molecule has 1 aliphatic heterocycles. The van der Waals surface area contributed by atoms with Crippen LogP contribution in [0.5, 0.6) is 5.75 Å². The topological polar surface area (TPSA) is 50.8 Å². The highest BCUT2D eigenvalue weighted by atomic mass is 16.5. The molecular formula is C24H38N2O3. The summed E-state index contributed by atoms with van der Waals surface area (Å²) in [5, 5.41) is 3.05. The van der Waals surface area contributed by atoms with E-state index in [9.17, 15) is 4.79 Å². The predicted octanol–water partition coefficient (Wildman–Crippen LogP) is 4.72. The number of hydrogen-bond acceptors (Lipinski definition) is 4. The summed E-state index contributed by atoms with van der Waals surface area (Å²) >= 11 is 0. The number of carbonyl (C=O) groups excluding carboxylic acids is 1. The van der Waals surface area contributed by atoms with Gasteiger partial charge in [0.05, 0.1) is 0 Å². The Morgan fingerprint density at radius 1 is 1.10 bits per heavy atom. The molecule has 1 saturated carbocycles. The highest BCUT2D eigenvalue weighted by Crippen LogP contribution is 2.33. The third kappa shape index (κ3) is 6.19. The summed E-state index contributed by atoms with van der Waals surface area (Å²) in [5.74, 6) is 2.37. The first-order valence-corrected chi connectivity index (χ1v) is 11.4. The summed E-state index contributed by atoms with van der Waals surface area (Å²) in [6.07, 6.45) is 6.23. The number of likely N-dealkylation sites (tertiary alicyclic amines) is 1. The predicted molar refractivity (Wildman–Crippen MR) is 117 cm³/mol. The van der Waals surface area contributed by atoms with Crippen molar-refractivity contribution in [1.29, 1.82) is 0 Å². The minimum absolute atomic E-state index is 0.0129. The first-order chi connectivity index (χ1) is 14.0. The number of amides is 1. The zero-order valence-electron chi connectivity index (χ0n) is 18.4. The molecule has 0 bridgehead atoms. The minimum Gasteiger partial charge on any atom is -0.492 e. The van der Waals surface area contributed by atoms with E-state index in [1.54, 1.807) is 0 Å². The molecule has 1 saturated heterocycles. The Bertz CT molecular complexity index is 625. The molecule has 5 heteroatoms. The van der Waals surface area contributed by atoms with E-state index in [4.69, 9.17) is 9.47 Å². The average Bonchev–Trinajstić information content (AvgIpc) is 2.69. The minimum atomic E-state index is -0.662. The zero-order valence-corrected chi connectivity index (χ0v) is 18.4. The van der Waals surface area contributed by atoms with Crippen LogP contribution in [-0.2, 0) is 9.53 Å². The number of hydrogen-bond donors (Lipinski definition) is 1. The van der Waals surface area contributed by atoms with E-state index in [0.717, 1.165) is 55.5 Å². The number of rotatable bonds is 8. The van der Waals surface area contributed by atoms with Gasteiger partial charge < -0.3 is 14.8 Å². The highest BCUT2D eigenvalue weighted by Gasteiger charge is 2.40. The molecule has 1 N–H and O–H groups in total. The third-order valence-corrected chi connectivity index (χ3v) is 6.23. The summed E-state index contributed by atoms with van der Waals surface area (Å²) in [6, 6.07) is 7.71. The van der Waals surface area contributed by atoms with Gasteiger partial charge >= 0.3 is 0 Å². The van der Waals surface area contributed by atoms with E-state index < -0.39 is 5.60 Å².